The Morgan fingerprint density at radius 2 is 0.959 bits per heavy atom. The predicted octanol–water partition coefficient (Wildman–Crippen LogP) is -7.46. The quantitative estimate of drug-likeness (QED) is 0.0324. The van der Waals surface area contributed by atoms with Crippen LogP contribution in [0.15, 0.2) is 30.5 Å². The van der Waals surface area contributed by atoms with Gasteiger partial charge in [-0.05, 0) is 37.3 Å². The maximum absolute atomic E-state index is 14.3. The molecule has 1 aromatic heterocycles. The average Bonchev–Trinajstić information content (AvgIpc) is 3.71. The van der Waals surface area contributed by atoms with Gasteiger partial charge < -0.3 is 90.9 Å². The molecule has 402 valence electrons. The van der Waals surface area contributed by atoms with Crippen molar-refractivity contribution < 1.29 is 82.8 Å². The number of nitrogens with two attached hydrogens (primary N) is 4. The van der Waals surface area contributed by atoms with Crippen LogP contribution in [0.25, 0.3) is 10.9 Å². The van der Waals surface area contributed by atoms with E-state index < -0.39 is 177 Å². The molecule has 11 amide bonds. The highest BCUT2D eigenvalue weighted by Crippen LogP contribution is 2.20. The van der Waals surface area contributed by atoms with E-state index in [-0.39, 0.29) is 18.8 Å². The van der Waals surface area contributed by atoms with Gasteiger partial charge in [0, 0.05) is 29.9 Å². The van der Waals surface area contributed by atoms with Crippen molar-refractivity contribution in [2.75, 3.05) is 13.2 Å². The first-order chi connectivity index (χ1) is 34.2. The molecule has 0 aliphatic carbocycles. The number of hydrogen-bond donors (Lipinski definition) is 17. The molecule has 0 saturated heterocycles. The number of aromatic amines is 1. The molecule has 0 saturated carbocycles. The number of carbonyl (C=O) groups excluding carboxylic acids is 11. The van der Waals surface area contributed by atoms with Gasteiger partial charge in [0.05, 0.1) is 38.5 Å². The number of hydrogen-bond acceptors (Lipinski definition) is 16. The molecule has 30 heteroatoms. The SMILES string of the molecule is CC(C)C[C@H](NC(=O)[C@@H](N)CC(=O)O)C(=O)N[C@@H](CCC(N)=O)C(=O)N[C@@H](Cc1c[nH]c2ccccc12)C(=O)N[C@@H](CC(N)=O)C(=O)N[C@@H](CO)C(=O)N[C@@H](CO)C(=O)N[C@@H](CC(N)=O)C(=O)N[C@@H](C)C(=O)O. The van der Waals surface area contributed by atoms with E-state index in [0.717, 1.165) is 6.92 Å². The molecular weight excluding hydrogens is 971 g/mol. The smallest absolute Gasteiger partial charge is 0.325 e. The number of amides is 11. The Morgan fingerprint density at radius 1 is 0.534 bits per heavy atom. The molecule has 0 spiro atoms. The molecule has 0 fully saturated rings. The monoisotopic (exact) mass is 1030 g/mol. The summed E-state index contributed by atoms with van der Waals surface area (Å²) < 4.78 is 0. The molecule has 0 radical (unpaired) electrons. The second-order valence-corrected chi connectivity index (χ2v) is 17.1. The molecular formula is C43H63N13O17. The summed E-state index contributed by atoms with van der Waals surface area (Å²) in [5.74, 6) is -15.8. The van der Waals surface area contributed by atoms with Crippen LogP contribution in [0.5, 0.6) is 0 Å². The van der Waals surface area contributed by atoms with Crippen molar-refractivity contribution in [3.05, 3.63) is 36.0 Å². The molecule has 21 N–H and O–H groups in total. The number of aromatic nitrogens is 1. The molecule has 0 unspecified atom stereocenters. The lowest BCUT2D eigenvalue weighted by atomic mass is 10.0. The summed E-state index contributed by atoms with van der Waals surface area (Å²) in [7, 11) is 0. The zero-order valence-corrected chi connectivity index (χ0v) is 39.9. The Balaban J connectivity index is 2.46. The van der Waals surface area contributed by atoms with Gasteiger partial charge in [0.15, 0.2) is 0 Å². The maximum Gasteiger partial charge on any atom is 0.325 e. The van der Waals surface area contributed by atoms with Crippen molar-refractivity contribution in [2.45, 2.75) is 120 Å². The Kier molecular flexibility index (Phi) is 24.3. The normalized spacial score (nSPS) is 14.7. The number of rotatable bonds is 32. The minimum Gasteiger partial charge on any atom is -0.481 e. The van der Waals surface area contributed by atoms with Gasteiger partial charge in [-0.25, -0.2) is 0 Å². The Hall–Kier alpha value is -8.25. The molecule has 2 rings (SSSR count). The van der Waals surface area contributed by atoms with Crippen LogP contribution >= 0.6 is 0 Å². The highest BCUT2D eigenvalue weighted by molar-refractivity contribution is 6.00. The molecule has 0 aliphatic rings. The van der Waals surface area contributed by atoms with Crippen LogP contribution in [-0.4, -0.2) is 170 Å². The van der Waals surface area contributed by atoms with E-state index in [9.17, 15) is 72.5 Å². The molecule has 0 bridgehead atoms. The minimum absolute atomic E-state index is 0.0392. The lowest BCUT2D eigenvalue weighted by molar-refractivity contribution is -0.142. The van der Waals surface area contributed by atoms with Crippen LogP contribution in [0.3, 0.4) is 0 Å². The van der Waals surface area contributed by atoms with Crippen molar-refractivity contribution in [3.63, 3.8) is 0 Å². The summed E-state index contributed by atoms with van der Waals surface area (Å²) in [5, 5.41) is 56.5. The first-order valence-electron chi connectivity index (χ1n) is 22.4. The third-order valence-corrected chi connectivity index (χ3v) is 10.6. The number of nitrogens with one attached hydrogen (secondary N) is 9. The number of aliphatic carboxylic acids is 2. The second-order valence-electron chi connectivity index (χ2n) is 17.1. The molecule has 1 heterocycles. The lowest BCUT2D eigenvalue weighted by Crippen LogP contribution is -2.62. The minimum atomic E-state index is -2.00. The van der Waals surface area contributed by atoms with Crippen LogP contribution in [-0.2, 0) is 68.7 Å². The maximum atomic E-state index is 14.3. The number of benzene rings is 1. The Bertz CT molecular complexity index is 2380. The summed E-state index contributed by atoms with van der Waals surface area (Å²) in [6.07, 6.45) is -2.44. The van der Waals surface area contributed by atoms with Gasteiger partial charge in [0.25, 0.3) is 0 Å². The van der Waals surface area contributed by atoms with Crippen LogP contribution in [0.4, 0.5) is 0 Å². The lowest BCUT2D eigenvalue weighted by Gasteiger charge is -2.27. The summed E-state index contributed by atoms with van der Waals surface area (Å²) in [4.78, 5) is 169. The summed E-state index contributed by atoms with van der Waals surface area (Å²) in [6, 6.07) is -8.75. The second kappa shape index (κ2) is 29.2. The summed E-state index contributed by atoms with van der Waals surface area (Å²) in [6.45, 7) is 2.06. The molecule has 0 aliphatic heterocycles. The van der Waals surface area contributed by atoms with E-state index in [0.29, 0.717) is 16.5 Å². The van der Waals surface area contributed by atoms with Crippen molar-refractivity contribution in [1.29, 1.82) is 0 Å². The molecule has 9 atom stereocenters. The third kappa shape index (κ3) is 20.6. The third-order valence-electron chi connectivity index (χ3n) is 10.6. The van der Waals surface area contributed by atoms with Gasteiger partial charge in [0.2, 0.25) is 65.0 Å². The highest BCUT2D eigenvalue weighted by atomic mass is 16.4. The predicted molar refractivity (Wildman–Crippen MR) is 251 cm³/mol. The van der Waals surface area contributed by atoms with Crippen LogP contribution in [0.2, 0.25) is 0 Å². The first-order valence-corrected chi connectivity index (χ1v) is 22.4. The fraction of sp³-hybridized carbons (Fsp3) is 0.512. The number of aliphatic hydroxyl groups is 2. The highest BCUT2D eigenvalue weighted by Gasteiger charge is 2.36. The number of primary amides is 3. The number of carboxylic acid groups (broad SMARTS) is 2. The number of para-hydroxylation sites is 1. The van der Waals surface area contributed by atoms with Crippen molar-refractivity contribution >= 4 is 87.8 Å². The van der Waals surface area contributed by atoms with E-state index in [2.05, 4.69) is 31.6 Å². The van der Waals surface area contributed by atoms with E-state index in [4.69, 9.17) is 33.1 Å². The number of H-pyrrole nitrogens is 1. The topological polar surface area (TPSA) is 519 Å². The zero-order chi connectivity index (χ0) is 55.3. The number of carboxylic acids is 2. The largest absolute Gasteiger partial charge is 0.481 e. The Labute approximate surface area is 415 Å². The van der Waals surface area contributed by atoms with Crippen molar-refractivity contribution in [3.8, 4) is 0 Å². The zero-order valence-electron chi connectivity index (χ0n) is 39.9. The van der Waals surface area contributed by atoms with Crippen molar-refractivity contribution in [1.82, 2.24) is 47.5 Å². The van der Waals surface area contributed by atoms with Crippen molar-refractivity contribution in [2.24, 2.45) is 28.9 Å². The molecule has 73 heavy (non-hydrogen) atoms. The number of fused-ring (bicyclic) bond motifs is 1. The fourth-order valence-electron chi connectivity index (χ4n) is 6.77. The van der Waals surface area contributed by atoms with Gasteiger partial charge in [0.1, 0.15) is 48.3 Å². The van der Waals surface area contributed by atoms with Gasteiger partial charge in [-0.3, -0.25) is 62.3 Å². The van der Waals surface area contributed by atoms with Crippen LogP contribution in [0.1, 0.15) is 64.9 Å². The van der Waals surface area contributed by atoms with E-state index >= 15 is 0 Å². The van der Waals surface area contributed by atoms with E-state index in [1.54, 1.807) is 38.1 Å². The fourth-order valence-corrected chi connectivity index (χ4v) is 6.77. The van der Waals surface area contributed by atoms with Gasteiger partial charge >= 0.3 is 11.9 Å². The van der Waals surface area contributed by atoms with Crippen LogP contribution < -0.4 is 65.5 Å². The average molecular weight is 1030 g/mol. The molecule has 30 nitrogen and oxygen atoms in total. The van der Waals surface area contributed by atoms with E-state index in [1.807, 2.05) is 16.0 Å². The van der Waals surface area contributed by atoms with Gasteiger partial charge in [-0.15, -0.1) is 0 Å². The first kappa shape index (κ1) is 60.9. The number of carbonyl (C=O) groups is 13. The number of aliphatic hydroxyl groups excluding tert-OH is 2. The van der Waals surface area contributed by atoms with E-state index in [1.165, 1.54) is 6.20 Å². The van der Waals surface area contributed by atoms with Gasteiger partial charge in [-0.2, -0.15) is 0 Å². The Morgan fingerprint density at radius 3 is 1.44 bits per heavy atom. The summed E-state index contributed by atoms with van der Waals surface area (Å²) in [5.41, 5.74) is 22.6. The van der Waals surface area contributed by atoms with Gasteiger partial charge in [-0.1, -0.05) is 32.0 Å². The summed E-state index contributed by atoms with van der Waals surface area (Å²) >= 11 is 0. The molecule has 2 aromatic rings. The molecule has 1 aromatic carbocycles. The standard InChI is InChI=1S/C43H63N13O17/c1-18(2)10-25(51-35(64)22(44)12-34(62)63)38(67)50-24(8-9-31(45)59)36(65)52-26(11-20-15-48-23-7-5-4-6-21(20)23)39(68)53-28(14-33(47)61)40(69)55-30(17-58)42(71)56-29(16-57)41(70)54-27(13-32(46)60)37(66)49-19(3)43(72)73/h4-7,15,18-19,22,24-30,48,57-58H,8-14,16-17,44H2,1-3H3,(H2,45,59)(H2,46,60)(H2,47,61)(H,49,66)(H,50,67)(H,51,64)(H,52,65)(H,53,68)(H,54,70)(H,55,69)(H,56,71)(H,62,63)(H,72,73)/t19-,22-,24-,25-,26-,27-,28-,29-,30-/m0/s1. The van der Waals surface area contributed by atoms with Crippen LogP contribution in [0, 0.1) is 5.92 Å².